The van der Waals surface area contributed by atoms with Crippen LogP contribution in [0.15, 0.2) is 97.6 Å². The highest BCUT2D eigenvalue weighted by atomic mass is 16.5. The maximum absolute atomic E-state index is 9.12. The smallest absolute Gasteiger partial charge is 0.250 e. The summed E-state index contributed by atoms with van der Waals surface area (Å²) < 4.78 is 13.7. The lowest BCUT2D eigenvalue weighted by Gasteiger charge is -2.14. The van der Waals surface area contributed by atoms with Gasteiger partial charge in [-0.05, 0) is 89.8 Å². The molecule has 9 heteroatoms. The molecule has 0 saturated carbocycles. The molecule has 0 aliphatic heterocycles. The number of ether oxygens (including phenoxy) is 2. The van der Waals surface area contributed by atoms with Crippen molar-refractivity contribution < 1.29 is 9.47 Å². The molecule has 0 aliphatic rings. The summed E-state index contributed by atoms with van der Waals surface area (Å²) in [6, 6.07) is 27.0. The lowest BCUT2D eigenvalue weighted by molar-refractivity contribution is 0.414. The Labute approximate surface area is 236 Å². The average Bonchev–Trinajstić information content (AvgIpc) is 3.42. The third-order valence-electron chi connectivity index (χ3n) is 6.62. The quantitative estimate of drug-likeness (QED) is 0.229. The predicted octanol–water partition coefficient (Wildman–Crippen LogP) is 6.66. The monoisotopic (exact) mass is 539 g/mol. The van der Waals surface area contributed by atoms with Crippen molar-refractivity contribution in [2.75, 3.05) is 12.4 Å². The SMILES string of the molecule is COc1ccc(Cn2cnc3nc(Nc4ccc(C#N)cc4)nc(Oc4ccc(-c5ccncc5)cc4C)c32)cc1. The number of aromatic nitrogens is 5. The van der Waals surface area contributed by atoms with E-state index in [0.717, 1.165) is 33.7 Å². The molecule has 0 saturated heterocycles. The van der Waals surface area contributed by atoms with Gasteiger partial charge in [-0.1, -0.05) is 18.2 Å². The number of fused-ring (bicyclic) bond motifs is 1. The Kier molecular flexibility index (Phi) is 6.95. The summed E-state index contributed by atoms with van der Waals surface area (Å²) in [7, 11) is 1.65. The first-order chi connectivity index (χ1) is 20.1. The molecule has 3 heterocycles. The average molecular weight is 540 g/mol. The molecule has 9 nitrogen and oxygen atoms in total. The lowest BCUT2D eigenvalue weighted by atomic mass is 10.0. The van der Waals surface area contributed by atoms with Crippen molar-refractivity contribution in [3.8, 4) is 34.6 Å². The second-order valence-electron chi connectivity index (χ2n) is 9.38. The van der Waals surface area contributed by atoms with Crippen LogP contribution in [-0.4, -0.2) is 31.6 Å². The molecule has 0 radical (unpaired) electrons. The van der Waals surface area contributed by atoms with Crippen molar-refractivity contribution in [1.29, 1.82) is 5.26 Å². The van der Waals surface area contributed by atoms with E-state index in [0.29, 0.717) is 40.8 Å². The van der Waals surface area contributed by atoms with E-state index in [1.807, 2.05) is 60.0 Å². The molecular weight excluding hydrogens is 514 g/mol. The van der Waals surface area contributed by atoms with Crippen molar-refractivity contribution >= 4 is 22.8 Å². The first kappa shape index (κ1) is 25.5. The molecule has 0 fully saturated rings. The number of nitriles is 1. The molecule has 6 rings (SSSR count). The van der Waals surface area contributed by atoms with Gasteiger partial charge in [0.25, 0.3) is 5.88 Å². The number of rotatable bonds is 8. The Hall–Kier alpha value is -5.75. The van der Waals surface area contributed by atoms with Gasteiger partial charge in [0.05, 0.1) is 25.1 Å². The first-order valence-corrected chi connectivity index (χ1v) is 12.9. The third kappa shape index (κ3) is 5.53. The molecule has 1 N–H and O–H groups in total. The summed E-state index contributed by atoms with van der Waals surface area (Å²) in [6.07, 6.45) is 5.29. The van der Waals surface area contributed by atoms with E-state index in [-0.39, 0.29) is 0 Å². The van der Waals surface area contributed by atoms with Crippen molar-refractivity contribution in [2.24, 2.45) is 0 Å². The Morgan fingerprint density at radius 1 is 0.902 bits per heavy atom. The third-order valence-corrected chi connectivity index (χ3v) is 6.62. The number of methoxy groups -OCH3 is 1. The fourth-order valence-corrected chi connectivity index (χ4v) is 4.47. The molecule has 200 valence electrons. The van der Waals surface area contributed by atoms with Gasteiger partial charge in [-0.15, -0.1) is 0 Å². The van der Waals surface area contributed by atoms with Crippen molar-refractivity contribution in [3.05, 3.63) is 114 Å². The molecular formula is C32H25N7O2. The van der Waals surface area contributed by atoms with Crippen LogP contribution in [0.25, 0.3) is 22.3 Å². The zero-order chi connectivity index (χ0) is 28.2. The van der Waals surface area contributed by atoms with Crippen LogP contribution in [0.4, 0.5) is 11.6 Å². The largest absolute Gasteiger partial charge is 0.497 e. The number of nitrogens with zero attached hydrogens (tertiary/aromatic N) is 6. The zero-order valence-electron chi connectivity index (χ0n) is 22.4. The number of hydrogen-bond donors (Lipinski definition) is 1. The predicted molar refractivity (Wildman–Crippen MR) is 156 cm³/mol. The van der Waals surface area contributed by atoms with Crippen LogP contribution < -0.4 is 14.8 Å². The van der Waals surface area contributed by atoms with E-state index in [1.165, 1.54) is 0 Å². The number of anilines is 2. The van der Waals surface area contributed by atoms with Gasteiger partial charge in [0, 0.05) is 24.6 Å². The number of imidazole rings is 1. The van der Waals surface area contributed by atoms with Crippen LogP contribution in [0.5, 0.6) is 17.4 Å². The van der Waals surface area contributed by atoms with Gasteiger partial charge >= 0.3 is 0 Å². The van der Waals surface area contributed by atoms with Gasteiger partial charge < -0.3 is 19.4 Å². The summed E-state index contributed by atoms with van der Waals surface area (Å²) in [5.74, 6) is 2.17. The van der Waals surface area contributed by atoms with Crippen LogP contribution in [0.1, 0.15) is 16.7 Å². The molecule has 0 unspecified atom stereocenters. The molecule has 3 aromatic heterocycles. The minimum Gasteiger partial charge on any atom is -0.497 e. The number of aryl methyl sites for hydroxylation is 1. The van der Waals surface area contributed by atoms with E-state index in [9.17, 15) is 0 Å². The van der Waals surface area contributed by atoms with E-state index in [2.05, 4.69) is 32.4 Å². The van der Waals surface area contributed by atoms with Gasteiger partial charge in [-0.25, -0.2) is 4.98 Å². The van der Waals surface area contributed by atoms with Gasteiger partial charge in [0.15, 0.2) is 11.2 Å². The van der Waals surface area contributed by atoms with E-state index in [4.69, 9.17) is 19.7 Å². The molecule has 0 aliphatic carbocycles. The molecule has 0 atom stereocenters. The highest BCUT2D eigenvalue weighted by molar-refractivity contribution is 5.79. The number of benzene rings is 3. The van der Waals surface area contributed by atoms with Crippen LogP contribution in [0.3, 0.4) is 0 Å². The molecule has 0 amide bonds. The Bertz CT molecular complexity index is 1860. The minimum absolute atomic E-state index is 0.331. The lowest BCUT2D eigenvalue weighted by Crippen LogP contribution is -2.04. The highest BCUT2D eigenvalue weighted by Gasteiger charge is 2.18. The summed E-state index contributed by atoms with van der Waals surface area (Å²) in [5.41, 5.74) is 6.63. The fourth-order valence-electron chi connectivity index (χ4n) is 4.47. The number of pyridine rings is 1. The molecule has 0 bridgehead atoms. The van der Waals surface area contributed by atoms with Crippen molar-refractivity contribution in [3.63, 3.8) is 0 Å². The molecule has 3 aromatic carbocycles. The first-order valence-electron chi connectivity index (χ1n) is 12.9. The van der Waals surface area contributed by atoms with Gasteiger partial charge in [-0.2, -0.15) is 15.2 Å². The Balaban J connectivity index is 1.38. The second-order valence-corrected chi connectivity index (χ2v) is 9.38. The summed E-state index contributed by atoms with van der Waals surface area (Å²) >= 11 is 0. The maximum Gasteiger partial charge on any atom is 0.250 e. The molecule has 0 spiro atoms. The van der Waals surface area contributed by atoms with Crippen LogP contribution in [0, 0.1) is 18.3 Å². The fraction of sp³-hybridized carbons (Fsp3) is 0.0938. The normalized spacial score (nSPS) is 10.8. The molecule has 41 heavy (non-hydrogen) atoms. The highest BCUT2D eigenvalue weighted by Crippen LogP contribution is 2.33. The van der Waals surface area contributed by atoms with E-state index in [1.54, 1.807) is 50.1 Å². The number of nitrogens with one attached hydrogen (secondary N) is 1. The van der Waals surface area contributed by atoms with Crippen molar-refractivity contribution in [2.45, 2.75) is 13.5 Å². The Morgan fingerprint density at radius 2 is 1.68 bits per heavy atom. The van der Waals surface area contributed by atoms with E-state index < -0.39 is 0 Å². The van der Waals surface area contributed by atoms with Crippen molar-refractivity contribution in [1.82, 2.24) is 24.5 Å². The summed E-state index contributed by atoms with van der Waals surface area (Å²) in [6.45, 7) is 2.55. The van der Waals surface area contributed by atoms with Gasteiger partial charge in [0.2, 0.25) is 5.95 Å². The maximum atomic E-state index is 9.12. The topological polar surface area (TPSA) is 111 Å². The minimum atomic E-state index is 0.331. The zero-order valence-corrected chi connectivity index (χ0v) is 22.4. The summed E-state index contributed by atoms with van der Waals surface area (Å²) in [5, 5.41) is 12.3. The second kappa shape index (κ2) is 11.2. The number of hydrogen-bond acceptors (Lipinski definition) is 8. The van der Waals surface area contributed by atoms with Gasteiger partial charge in [0.1, 0.15) is 11.5 Å². The Morgan fingerprint density at radius 3 is 2.39 bits per heavy atom. The standard InChI is InChI=1S/C32H25N7O2/c1-21-17-25(24-13-15-34-16-14-24)7-12-28(21)41-31-29-30(35-20-39(29)19-23-5-10-27(40-2)11-6-23)37-32(38-31)36-26-8-3-22(18-33)4-9-26/h3-17,20H,19H2,1-2H3,(H,36,37,38). The summed E-state index contributed by atoms with van der Waals surface area (Å²) in [4.78, 5) is 18.1. The molecule has 6 aromatic rings. The van der Waals surface area contributed by atoms with Crippen LogP contribution >= 0.6 is 0 Å². The van der Waals surface area contributed by atoms with E-state index >= 15 is 0 Å². The van der Waals surface area contributed by atoms with Gasteiger partial charge in [-0.3, -0.25) is 4.98 Å². The van der Waals surface area contributed by atoms with Crippen LogP contribution in [-0.2, 0) is 6.54 Å². The van der Waals surface area contributed by atoms with Crippen LogP contribution in [0.2, 0.25) is 0 Å².